The van der Waals surface area contributed by atoms with Crippen molar-refractivity contribution in [2.45, 2.75) is 64.5 Å². The molecule has 3 heteroatoms. The summed E-state index contributed by atoms with van der Waals surface area (Å²) in [4.78, 5) is 2.66. The molecule has 0 radical (unpaired) electrons. The average molecular weight is 289 g/mol. The Kier molecular flexibility index (Phi) is 5.80. The first-order chi connectivity index (χ1) is 10.2. The zero-order valence-corrected chi connectivity index (χ0v) is 13.9. The van der Waals surface area contributed by atoms with Crippen molar-refractivity contribution in [2.24, 2.45) is 5.84 Å². The number of likely N-dealkylation sites (tertiary alicyclic amines) is 1. The van der Waals surface area contributed by atoms with Crippen molar-refractivity contribution >= 4 is 0 Å². The van der Waals surface area contributed by atoms with Crippen LogP contribution in [0.4, 0.5) is 0 Å². The van der Waals surface area contributed by atoms with Gasteiger partial charge in [-0.3, -0.25) is 16.2 Å². The molecule has 1 saturated heterocycles. The smallest absolute Gasteiger partial charge is 0.0643 e. The van der Waals surface area contributed by atoms with Crippen molar-refractivity contribution in [3.63, 3.8) is 0 Å². The van der Waals surface area contributed by atoms with Gasteiger partial charge in [0.05, 0.1) is 6.04 Å². The number of aryl methyl sites for hydroxylation is 1. The Morgan fingerprint density at radius 1 is 1.19 bits per heavy atom. The number of hydrogen-bond acceptors (Lipinski definition) is 3. The van der Waals surface area contributed by atoms with Gasteiger partial charge in [0.25, 0.3) is 0 Å². The highest BCUT2D eigenvalue weighted by atomic mass is 15.3. The molecule has 1 aromatic rings. The maximum atomic E-state index is 6.02. The number of benzene rings is 1. The van der Waals surface area contributed by atoms with Gasteiger partial charge in [-0.25, -0.2) is 0 Å². The molecule has 21 heavy (non-hydrogen) atoms. The number of hydrogen-bond donors (Lipinski definition) is 2. The first-order valence-corrected chi connectivity index (χ1v) is 8.51. The largest absolute Gasteiger partial charge is 0.296 e. The Morgan fingerprint density at radius 3 is 2.38 bits per heavy atom. The van der Waals surface area contributed by atoms with Gasteiger partial charge in [-0.1, -0.05) is 45.0 Å². The van der Waals surface area contributed by atoms with Crippen molar-refractivity contribution < 1.29 is 0 Å². The molecule has 0 amide bonds. The normalized spacial score (nSPS) is 18.1. The maximum Gasteiger partial charge on any atom is 0.0643 e. The third kappa shape index (κ3) is 3.15. The highest BCUT2D eigenvalue weighted by Gasteiger charge is 2.42. The van der Waals surface area contributed by atoms with E-state index in [-0.39, 0.29) is 11.6 Å². The van der Waals surface area contributed by atoms with E-state index >= 15 is 0 Å². The van der Waals surface area contributed by atoms with Crippen molar-refractivity contribution in [2.75, 3.05) is 13.1 Å². The summed E-state index contributed by atoms with van der Waals surface area (Å²) in [5.41, 5.74) is 5.98. The fraction of sp³-hybridized carbons (Fsp3) is 0.667. The zero-order chi connectivity index (χ0) is 15.3. The summed E-state index contributed by atoms with van der Waals surface area (Å²) in [6, 6.07) is 9.10. The predicted molar refractivity (Wildman–Crippen MR) is 90.0 cm³/mol. The fourth-order valence-electron chi connectivity index (χ4n) is 4.00. The molecule has 3 N–H and O–H groups in total. The van der Waals surface area contributed by atoms with Crippen LogP contribution < -0.4 is 11.3 Å². The Balaban J connectivity index is 2.38. The SMILES string of the molecule is CCc1cccc(C(NN)C(CC)(CC)N2CCCC2)c1. The minimum absolute atomic E-state index is 0.123. The highest BCUT2D eigenvalue weighted by Crippen LogP contribution is 2.39. The van der Waals surface area contributed by atoms with Gasteiger partial charge in [0.2, 0.25) is 0 Å². The van der Waals surface area contributed by atoms with Gasteiger partial charge in [-0.2, -0.15) is 0 Å². The van der Waals surface area contributed by atoms with Crippen LogP contribution in [-0.4, -0.2) is 23.5 Å². The van der Waals surface area contributed by atoms with Gasteiger partial charge < -0.3 is 0 Å². The van der Waals surface area contributed by atoms with Crippen LogP contribution in [0.2, 0.25) is 0 Å². The second-order valence-electron chi connectivity index (χ2n) is 6.20. The summed E-state index contributed by atoms with van der Waals surface area (Å²) in [6.07, 6.45) is 5.94. The van der Waals surface area contributed by atoms with E-state index in [1.807, 2.05) is 0 Å². The third-order valence-electron chi connectivity index (χ3n) is 5.36. The summed E-state index contributed by atoms with van der Waals surface area (Å²) in [5.74, 6) is 6.02. The lowest BCUT2D eigenvalue weighted by molar-refractivity contribution is 0.0616. The molecule has 0 bridgehead atoms. The lowest BCUT2D eigenvalue weighted by Gasteiger charge is -2.47. The second-order valence-corrected chi connectivity index (χ2v) is 6.20. The molecule has 1 unspecified atom stereocenters. The van der Waals surface area contributed by atoms with E-state index in [0.29, 0.717) is 0 Å². The van der Waals surface area contributed by atoms with Crippen molar-refractivity contribution in [1.82, 2.24) is 10.3 Å². The molecular weight excluding hydrogens is 258 g/mol. The van der Waals surface area contributed by atoms with Crippen molar-refractivity contribution in [3.05, 3.63) is 35.4 Å². The molecule has 2 rings (SSSR count). The number of nitrogens with two attached hydrogens (primary N) is 1. The molecule has 0 aliphatic carbocycles. The van der Waals surface area contributed by atoms with Gasteiger partial charge in [-0.05, 0) is 56.3 Å². The summed E-state index contributed by atoms with van der Waals surface area (Å²) in [6.45, 7) is 9.21. The van der Waals surface area contributed by atoms with E-state index in [9.17, 15) is 0 Å². The van der Waals surface area contributed by atoms with Crippen LogP contribution in [0.5, 0.6) is 0 Å². The molecule has 0 aromatic heterocycles. The van der Waals surface area contributed by atoms with E-state index in [1.54, 1.807) is 0 Å². The first kappa shape index (κ1) is 16.5. The number of nitrogens with zero attached hydrogens (tertiary/aromatic N) is 1. The van der Waals surface area contributed by atoms with E-state index in [0.717, 1.165) is 19.3 Å². The van der Waals surface area contributed by atoms with Gasteiger partial charge in [-0.15, -0.1) is 0 Å². The van der Waals surface area contributed by atoms with Gasteiger partial charge in [0.1, 0.15) is 0 Å². The molecule has 0 spiro atoms. The van der Waals surface area contributed by atoms with Crippen LogP contribution in [0, 0.1) is 0 Å². The Hall–Kier alpha value is -0.900. The Labute approximate surface area is 129 Å². The van der Waals surface area contributed by atoms with E-state index in [1.165, 1.54) is 37.1 Å². The minimum atomic E-state index is 0.123. The summed E-state index contributed by atoms with van der Waals surface area (Å²) in [7, 11) is 0. The summed E-state index contributed by atoms with van der Waals surface area (Å²) in [5, 5.41) is 0. The highest BCUT2D eigenvalue weighted by molar-refractivity contribution is 5.29. The lowest BCUT2D eigenvalue weighted by Crippen LogP contribution is -2.56. The van der Waals surface area contributed by atoms with Crippen LogP contribution in [0.1, 0.15) is 63.6 Å². The molecule has 1 aliphatic rings. The summed E-state index contributed by atoms with van der Waals surface area (Å²) < 4.78 is 0. The molecule has 0 saturated carbocycles. The zero-order valence-electron chi connectivity index (χ0n) is 13.9. The van der Waals surface area contributed by atoms with Gasteiger partial charge in [0.15, 0.2) is 0 Å². The molecule has 3 nitrogen and oxygen atoms in total. The standard InChI is InChI=1S/C18H31N3/c1-4-15-10-9-11-16(14-15)17(20-19)18(5-2,6-3)21-12-7-8-13-21/h9-11,14,17,20H,4-8,12-13,19H2,1-3H3. The molecule has 1 heterocycles. The van der Waals surface area contributed by atoms with Crippen molar-refractivity contribution in [3.8, 4) is 0 Å². The van der Waals surface area contributed by atoms with Crippen LogP contribution in [0.25, 0.3) is 0 Å². The molecular formula is C18H31N3. The number of rotatable bonds is 7. The molecule has 1 aliphatic heterocycles. The molecule has 1 fully saturated rings. The van der Waals surface area contributed by atoms with E-state index in [4.69, 9.17) is 5.84 Å². The Morgan fingerprint density at radius 2 is 1.86 bits per heavy atom. The van der Waals surface area contributed by atoms with Crippen LogP contribution >= 0.6 is 0 Å². The second kappa shape index (κ2) is 7.39. The quantitative estimate of drug-likeness (QED) is 0.597. The van der Waals surface area contributed by atoms with Crippen LogP contribution in [0.15, 0.2) is 24.3 Å². The number of nitrogens with one attached hydrogen (secondary N) is 1. The molecule has 118 valence electrons. The van der Waals surface area contributed by atoms with E-state index in [2.05, 4.69) is 55.4 Å². The summed E-state index contributed by atoms with van der Waals surface area (Å²) >= 11 is 0. The lowest BCUT2D eigenvalue weighted by atomic mass is 9.79. The van der Waals surface area contributed by atoms with Crippen molar-refractivity contribution in [1.29, 1.82) is 0 Å². The topological polar surface area (TPSA) is 41.3 Å². The van der Waals surface area contributed by atoms with Gasteiger partial charge in [0, 0.05) is 5.54 Å². The first-order valence-electron chi connectivity index (χ1n) is 8.51. The molecule has 1 atom stereocenters. The number of hydrazine groups is 1. The average Bonchev–Trinajstić information content (AvgIpc) is 3.07. The third-order valence-corrected chi connectivity index (χ3v) is 5.36. The Bertz CT molecular complexity index is 434. The minimum Gasteiger partial charge on any atom is -0.296 e. The van der Waals surface area contributed by atoms with Gasteiger partial charge >= 0.3 is 0 Å². The monoisotopic (exact) mass is 289 g/mol. The maximum absolute atomic E-state index is 6.02. The fourth-order valence-corrected chi connectivity index (χ4v) is 4.00. The van der Waals surface area contributed by atoms with Crippen LogP contribution in [0.3, 0.4) is 0 Å². The van der Waals surface area contributed by atoms with E-state index < -0.39 is 0 Å². The molecule has 1 aromatic carbocycles. The van der Waals surface area contributed by atoms with Crippen LogP contribution in [-0.2, 0) is 6.42 Å². The predicted octanol–water partition coefficient (Wildman–Crippen LogP) is 3.41.